The highest BCUT2D eigenvalue weighted by molar-refractivity contribution is 5.98. The van der Waals surface area contributed by atoms with Gasteiger partial charge in [0.2, 0.25) is 11.8 Å². The molecular formula is C47H74N2O4. The summed E-state index contributed by atoms with van der Waals surface area (Å²) in [7, 11) is 0. The number of fused-ring (bicyclic) bond motifs is 1. The van der Waals surface area contributed by atoms with Gasteiger partial charge in [0.25, 0.3) is 0 Å². The second-order valence-corrected chi connectivity index (χ2v) is 17.6. The highest BCUT2D eigenvalue weighted by Gasteiger charge is 2.64. The first-order valence-electron chi connectivity index (χ1n) is 21.7. The molecule has 3 fully saturated rings. The van der Waals surface area contributed by atoms with Gasteiger partial charge in [-0.25, -0.2) is 0 Å². The predicted octanol–water partition coefficient (Wildman–Crippen LogP) is 11.0. The topological polar surface area (TPSA) is 86.7 Å². The number of rotatable bonds is 23. The van der Waals surface area contributed by atoms with Crippen LogP contribution in [-0.4, -0.2) is 45.3 Å². The van der Waals surface area contributed by atoms with Gasteiger partial charge in [0.1, 0.15) is 5.54 Å². The average molecular weight is 731 g/mol. The van der Waals surface area contributed by atoms with Crippen LogP contribution >= 0.6 is 0 Å². The van der Waals surface area contributed by atoms with Crippen molar-refractivity contribution >= 4 is 17.6 Å². The fourth-order valence-corrected chi connectivity index (χ4v) is 9.40. The van der Waals surface area contributed by atoms with Crippen molar-refractivity contribution in [1.29, 1.82) is 0 Å². The van der Waals surface area contributed by atoms with E-state index in [1.54, 1.807) is 0 Å². The number of ketones is 1. The summed E-state index contributed by atoms with van der Waals surface area (Å²) in [5, 5.41) is 13.6. The molecule has 0 heterocycles. The Kier molecular flexibility index (Phi) is 17.4. The number of hydrogen-bond donors (Lipinski definition) is 2. The molecule has 0 aliphatic heterocycles. The van der Waals surface area contributed by atoms with Crippen molar-refractivity contribution in [1.82, 2.24) is 10.2 Å². The molecule has 5 atom stereocenters. The van der Waals surface area contributed by atoms with E-state index in [0.717, 1.165) is 113 Å². The lowest BCUT2D eigenvalue weighted by Crippen LogP contribution is -2.60. The number of allylic oxidation sites excluding steroid dienone is 3. The molecule has 0 bridgehead atoms. The number of Topliss-reactive ketones (excluding diaryl/α,β-unsaturated/α-hetero) is 1. The van der Waals surface area contributed by atoms with Gasteiger partial charge in [0.15, 0.2) is 5.78 Å². The van der Waals surface area contributed by atoms with Gasteiger partial charge in [-0.05, 0) is 113 Å². The Morgan fingerprint density at radius 3 is 2.40 bits per heavy atom. The largest absolute Gasteiger partial charge is 0.393 e. The quantitative estimate of drug-likeness (QED) is 0.0667. The van der Waals surface area contributed by atoms with E-state index in [0.29, 0.717) is 43.4 Å². The molecule has 0 spiro atoms. The predicted molar refractivity (Wildman–Crippen MR) is 218 cm³/mol. The molecule has 0 unspecified atom stereocenters. The van der Waals surface area contributed by atoms with Crippen molar-refractivity contribution in [3.63, 3.8) is 0 Å². The van der Waals surface area contributed by atoms with Gasteiger partial charge in [-0.15, -0.1) is 0 Å². The van der Waals surface area contributed by atoms with Crippen molar-refractivity contribution in [2.45, 2.75) is 200 Å². The Hall–Kier alpha value is -2.73. The van der Waals surface area contributed by atoms with E-state index in [1.807, 2.05) is 30.0 Å². The van der Waals surface area contributed by atoms with Gasteiger partial charge in [-0.3, -0.25) is 14.4 Å². The third kappa shape index (κ3) is 12.7. The zero-order chi connectivity index (χ0) is 38.3. The highest BCUT2D eigenvalue weighted by atomic mass is 16.3. The van der Waals surface area contributed by atoms with Crippen LogP contribution in [0.1, 0.15) is 181 Å². The summed E-state index contributed by atoms with van der Waals surface area (Å²) in [6.07, 6.45) is 25.6. The number of carbonyl (C=O) groups excluding carboxylic acids is 3. The van der Waals surface area contributed by atoms with E-state index < -0.39 is 5.54 Å². The molecule has 1 aromatic carbocycles. The molecular weight excluding hydrogens is 657 g/mol. The SMILES string of the molecule is CCCCCC[C@@H](O)C/C=C\CCCCCCCC(=O)N(Cc1ccccc1)[C@@](C)(CC[C@@H]1[C@H]2CC(=C(C)C)C(=O)C[C@@]12C)C(=O)NC1CCCCC1. The standard InChI is InChI=1S/C47H74N2O4/c1-6-7-8-21-28-39(50)29-22-13-11-9-10-12-14-23-30-44(52)49(35-37-24-17-15-18-25-37)47(5,45(53)48-38-26-19-16-20-27-38)32-31-41-42-33-40(36(2)3)43(51)34-46(41,42)4/h13,15,17-18,22,24-25,38-39,41-42,50H,6-12,14,16,19-21,23,26-35H2,1-5H3,(H,48,53)/b22-13-/t39-,41-,42-,46+,47+/m1/s1. The van der Waals surface area contributed by atoms with E-state index in [2.05, 4.69) is 57.3 Å². The Balaban J connectivity index is 1.36. The second kappa shape index (κ2) is 21.4. The zero-order valence-electron chi connectivity index (χ0n) is 34.2. The zero-order valence-corrected chi connectivity index (χ0v) is 34.2. The lowest BCUT2D eigenvalue weighted by molar-refractivity contribution is -0.149. The lowest BCUT2D eigenvalue weighted by Gasteiger charge is -2.42. The van der Waals surface area contributed by atoms with Crippen LogP contribution in [0.5, 0.6) is 0 Å². The van der Waals surface area contributed by atoms with Gasteiger partial charge in [-0.2, -0.15) is 0 Å². The third-order valence-electron chi connectivity index (χ3n) is 13.2. The van der Waals surface area contributed by atoms with Crippen molar-refractivity contribution < 1.29 is 19.5 Å². The van der Waals surface area contributed by atoms with Gasteiger partial charge >= 0.3 is 0 Å². The number of benzene rings is 1. The van der Waals surface area contributed by atoms with Crippen molar-refractivity contribution in [2.24, 2.45) is 17.3 Å². The molecule has 0 radical (unpaired) electrons. The van der Waals surface area contributed by atoms with Gasteiger partial charge in [0.05, 0.1) is 6.10 Å². The summed E-state index contributed by atoms with van der Waals surface area (Å²) in [5.74, 6) is 1.20. The first kappa shape index (κ1) is 43.0. The maximum absolute atomic E-state index is 14.5. The summed E-state index contributed by atoms with van der Waals surface area (Å²) in [4.78, 5) is 43.9. The maximum atomic E-state index is 14.5. The highest BCUT2D eigenvalue weighted by Crippen LogP contribution is 2.68. The Morgan fingerprint density at radius 1 is 0.981 bits per heavy atom. The van der Waals surface area contributed by atoms with Crippen LogP contribution in [0.3, 0.4) is 0 Å². The van der Waals surface area contributed by atoms with E-state index in [4.69, 9.17) is 0 Å². The van der Waals surface area contributed by atoms with Gasteiger partial charge < -0.3 is 15.3 Å². The van der Waals surface area contributed by atoms with E-state index in [1.165, 1.54) is 25.7 Å². The lowest BCUT2D eigenvalue weighted by atomic mass is 9.83. The summed E-state index contributed by atoms with van der Waals surface area (Å²) in [5.41, 5.74) is 2.20. The summed E-state index contributed by atoms with van der Waals surface area (Å²) in [6.45, 7) is 11.0. The second-order valence-electron chi connectivity index (χ2n) is 17.6. The van der Waals surface area contributed by atoms with Crippen LogP contribution in [0.4, 0.5) is 0 Å². The Morgan fingerprint density at radius 2 is 1.68 bits per heavy atom. The number of aliphatic hydroxyl groups excluding tert-OH is 1. The summed E-state index contributed by atoms with van der Waals surface area (Å²) >= 11 is 0. The number of amides is 2. The first-order valence-corrected chi connectivity index (χ1v) is 21.7. The van der Waals surface area contributed by atoms with E-state index >= 15 is 0 Å². The normalized spacial score (nSPS) is 23.4. The number of nitrogens with one attached hydrogen (secondary N) is 1. The fraction of sp³-hybridized carbons (Fsp3) is 0.723. The molecule has 3 aliphatic carbocycles. The fourth-order valence-electron chi connectivity index (χ4n) is 9.40. The van der Waals surface area contributed by atoms with Crippen LogP contribution in [0.2, 0.25) is 0 Å². The van der Waals surface area contributed by atoms with Crippen molar-refractivity contribution in [3.8, 4) is 0 Å². The van der Waals surface area contributed by atoms with E-state index in [9.17, 15) is 19.5 Å². The van der Waals surface area contributed by atoms with Crippen LogP contribution in [0.25, 0.3) is 0 Å². The number of carbonyl (C=O) groups is 3. The molecule has 3 saturated carbocycles. The molecule has 0 saturated heterocycles. The number of hydrogen-bond acceptors (Lipinski definition) is 4. The first-order chi connectivity index (χ1) is 25.5. The van der Waals surface area contributed by atoms with Crippen LogP contribution in [0.15, 0.2) is 53.6 Å². The molecule has 4 rings (SSSR count). The van der Waals surface area contributed by atoms with Crippen LogP contribution < -0.4 is 5.32 Å². The van der Waals surface area contributed by atoms with Crippen molar-refractivity contribution in [2.75, 3.05) is 0 Å². The smallest absolute Gasteiger partial charge is 0.245 e. The van der Waals surface area contributed by atoms with Gasteiger partial charge in [-0.1, -0.05) is 126 Å². The average Bonchev–Trinajstić information content (AvgIpc) is 3.73. The van der Waals surface area contributed by atoms with E-state index in [-0.39, 0.29) is 29.4 Å². The summed E-state index contributed by atoms with van der Waals surface area (Å²) in [6, 6.07) is 10.3. The maximum Gasteiger partial charge on any atom is 0.245 e. The monoisotopic (exact) mass is 731 g/mol. The molecule has 53 heavy (non-hydrogen) atoms. The van der Waals surface area contributed by atoms with Crippen LogP contribution in [0, 0.1) is 17.3 Å². The minimum atomic E-state index is -0.981. The van der Waals surface area contributed by atoms with Crippen molar-refractivity contribution in [3.05, 3.63) is 59.2 Å². The third-order valence-corrected chi connectivity index (χ3v) is 13.2. The molecule has 2 N–H and O–H groups in total. The number of unbranched alkanes of at least 4 members (excludes halogenated alkanes) is 8. The minimum absolute atomic E-state index is 0.00398. The Bertz CT molecular complexity index is 1360. The molecule has 6 heteroatoms. The summed E-state index contributed by atoms with van der Waals surface area (Å²) < 4.78 is 0. The number of aliphatic hydroxyl groups is 1. The molecule has 6 nitrogen and oxygen atoms in total. The van der Waals surface area contributed by atoms with Crippen LogP contribution in [-0.2, 0) is 20.9 Å². The molecule has 1 aromatic rings. The molecule has 296 valence electrons. The molecule has 2 amide bonds. The molecule has 0 aromatic heterocycles. The Labute approximate surface area is 323 Å². The molecule has 3 aliphatic rings. The number of nitrogens with zero attached hydrogens (tertiary/aromatic N) is 1. The van der Waals surface area contributed by atoms with Gasteiger partial charge in [0, 0.05) is 25.4 Å². The minimum Gasteiger partial charge on any atom is -0.393 e.